The van der Waals surface area contributed by atoms with E-state index in [9.17, 15) is 0 Å². The summed E-state index contributed by atoms with van der Waals surface area (Å²) in [5.74, 6) is 4.92. The first-order chi connectivity index (χ1) is 14.7. The maximum atomic E-state index is 8.98. The van der Waals surface area contributed by atoms with Crippen molar-refractivity contribution in [3.8, 4) is 11.5 Å². The van der Waals surface area contributed by atoms with Gasteiger partial charge in [0.1, 0.15) is 11.5 Å². The van der Waals surface area contributed by atoms with Gasteiger partial charge in [-0.05, 0) is 37.1 Å². The van der Waals surface area contributed by atoms with E-state index in [1.807, 2.05) is 12.1 Å². The summed E-state index contributed by atoms with van der Waals surface area (Å²) in [7, 11) is 0. The predicted octanol–water partition coefficient (Wildman–Crippen LogP) is 4.82. The van der Waals surface area contributed by atoms with Gasteiger partial charge < -0.3 is 19.7 Å². The molecule has 0 heterocycles. The molecule has 0 fully saturated rings. The third-order valence-electron chi connectivity index (χ3n) is 4.96. The minimum Gasteiger partial charge on any atom is -0.491 e. The van der Waals surface area contributed by atoms with Gasteiger partial charge in [-0.3, -0.25) is 0 Å². The zero-order chi connectivity index (χ0) is 21.3. The molecular weight excluding hydrogens is 416 g/mol. The van der Waals surface area contributed by atoms with Crippen LogP contribution in [-0.4, -0.2) is 59.7 Å². The van der Waals surface area contributed by atoms with Crippen molar-refractivity contribution >= 4 is 45.1 Å². The Morgan fingerprint density at radius 1 is 0.667 bits per heavy atom. The van der Waals surface area contributed by atoms with Crippen molar-refractivity contribution in [3.63, 3.8) is 0 Å². The third kappa shape index (κ3) is 5.55. The molecular formula is C24H30O4S2. The molecule has 0 atom stereocenters. The number of aliphatic hydroxyl groups is 2. The summed E-state index contributed by atoms with van der Waals surface area (Å²) >= 11 is 3.38. The van der Waals surface area contributed by atoms with Crippen molar-refractivity contribution in [2.24, 2.45) is 0 Å². The highest BCUT2D eigenvalue weighted by Crippen LogP contribution is 2.43. The standard InChI is InChI=1S/C24H30O4S2/c1-17-15-21-22(16-18(17)2)24(28-10-14-30-12-8-26)20-6-4-3-5-19(20)23(21)27-9-13-29-11-7-25/h3-6,15-16,25-26H,7-14H2,1-2H3. The first-order valence-electron chi connectivity index (χ1n) is 10.3. The average Bonchev–Trinajstić information content (AvgIpc) is 2.75. The molecule has 0 bridgehead atoms. The van der Waals surface area contributed by atoms with Gasteiger partial charge >= 0.3 is 0 Å². The van der Waals surface area contributed by atoms with E-state index in [2.05, 4.69) is 38.1 Å². The number of thioether (sulfide) groups is 2. The van der Waals surface area contributed by atoms with Crippen LogP contribution in [-0.2, 0) is 0 Å². The zero-order valence-electron chi connectivity index (χ0n) is 17.6. The molecule has 4 nitrogen and oxygen atoms in total. The summed E-state index contributed by atoms with van der Waals surface area (Å²) in [5.41, 5.74) is 2.45. The Balaban J connectivity index is 2.02. The van der Waals surface area contributed by atoms with Gasteiger partial charge in [0.15, 0.2) is 0 Å². The quantitative estimate of drug-likeness (QED) is 0.307. The number of benzene rings is 3. The van der Waals surface area contributed by atoms with E-state index >= 15 is 0 Å². The molecule has 0 radical (unpaired) electrons. The number of ether oxygens (including phenoxy) is 2. The smallest absolute Gasteiger partial charge is 0.135 e. The number of aliphatic hydroxyl groups excluding tert-OH is 2. The summed E-state index contributed by atoms with van der Waals surface area (Å²) in [6.45, 7) is 5.81. The van der Waals surface area contributed by atoms with Gasteiger partial charge in [0, 0.05) is 44.6 Å². The fourth-order valence-corrected chi connectivity index (χ4v) is 4.48. The Morgan fingerprint density at radius 2 is 1.10 bits per heavy atom. The topological polar surface area (TPSA) is 58.9 Å². The fourth-order valence-electron chi connectivity index (χ4n) is 3.41. The molecule has 30 heavy (non-hydrogen) atoms. The molecule has 0 unspecified atom stereocenters. The van der Waals surface area contributed by atoms with Gasteiger partial charge in [0.25, 0.3) is 0 Å². The molecule has 2 N–H and O–H groups in total. The number of rotatable bonds is 12. The van der Waals surface area contributed by atoms with Crippen LogP contribution in [0.15, 0.2) is 36.4 Å². The third-order valence-corrected chi connectivity index (χ3v) is 6.81. The lowest BCUT2D eigenvalue weighted by Gasteiger charge is -2.19. The fraction of sp³-hybridized carbons (Fsp3) is 0.417. The molecule has 0 saturated heterocycles. The Bertz CT molecular complexity index is 896. The van der Waals surface area contributed by atoms with Crippen molar-refractivity contribution in [2.75, 3.05) is 49.4 Å². The molecule has 0 aliphatic rings. The molecule has 3 aromatic rings. The number of fused-ring (bicyclic) bond motifs is 2. The highest BCUT2D eigenvalue weighted by Gasteiger charge is 2.17. The van der Waals surface area contributed by atoms with E-state index in [0.717, 1.165) is 56.1 Å². The Morgan fingerprint density at radius 3 is 1.50 bits per heavy atom. The van der Waals surface area contributed by atoms with Crippen LogP contribution in [0.25, 0.3) is 21.5 Å². The van der Waals surface area contributed by atoms with Gasteiger partial charge in [0.05, 0.1) is 26.4 Å². The maximum Gasteiger partial charge on any atom is 0.135 e. The lowest BCUT2D eigenvalue weighted by molar-refractivity contribution is 0.321. The number of aryl methyl sites for hydroxylation is 2. The summed E-state index contributed by atoms with van der Waals surface area (Å²) in [5, 5.41) is 22.2. The van der Waals surface area contributed by atoms with Gasteiger partial charge in [-0.1, -0.05) is 24.3 Å². The lowest BCUT2D eigenvalue weighted by Crippen LogP contribution is -2.06. The summed E-state index contributed by atoms with van der Waals surface area (Å²) in [4.78, 5) is 0. The molecule has 0 amide bonds. The van der Waals surface area contributed by atoms with Crippen molar-refractivity contribution < 1.29 is 19.7 Å². The second-order valence-electron chi connectivity index (χ2n) is 7.05. The lowest BCUT2D eigenvalue weighted by atomic mass is 9.96. The minimum atomic E-state index is 0.192. The largest absolute Gasteiger partial charge is 0.491 e. The van der Waals surface area contributed by atoms with Crippen LogP contribution in [0.5, 0.6) is 11.5 Å². The van der Waals surface area contributed by atoms with Gasteiger partial charge in [-0.15, -0.1) is 0 Å². The molecule has 0 spiro atoms. The Kier molecular flexibility index (Phi) is 9.00. The minimum absolute atomic E-state index is 0.192. The van der Waals surface area contributed by atoms with Crippen molar-refractivity contribution in [1.29, 1.82) is 0 Å². The monoisotopic (exact) mass is 446 g/mol. The average molecular weight is 447 g/mol. The summed E-state index contributed by atoms with van der Waals surface area (Å²) in [6, 6.07) is 12.6. The number of hydrogen-bond acceptors (Lipinski definition) is 6. The van der Waals surface area contributed by atoms with E-state index in [-0.39, 0.29) is 13.2 Å². The first-order valence-corrected chi connectivity index (χ1v) is 12.6. The van der Waals surface area contributed by atoms with Crippen LogP contribution >= 0.6 is 23.5 Å². The van der Waals surface area contributed by atoms with Gasteiger partial charge in [0.2, 0.25) is 0 Å². The Labute approximate surface area is 187 Å². The Hall–Kier alpha value is -1.60. The second kappa shape index (κ2) is 11.7. The zero-order valence-corrected chi connectivity index (χ0v) is 19.3. The molecule has 0 aliphatic carbocycles. The second-order valence-corrected chi connectivity index (χ2v) is 9.50. The maximum absolute atomic E-state index is 8.98. The van der Waals surface area contributed by atoms with E-state index in [4.69, 9.17) is 19.7 Å². The molecule has 6 heteroatoms. The van der Waals surface area contributed by atoms with Crippen LogP contribution in [0.2, 0.25) is 0 Å². The first kappa shape index (κ1) is 23.1. The molecule has 3 rings (SSSR count). The molecule has 162 valence electrons. The molecule has 0 aliphatic heterocycles. The van der Waals surface area contributed by atoms with Gasteiger partial charge in [-0.25, -0.2) is 0 Å². The van der Waals surface area contributed by atoms with Crippen molar-refractivity contribution in [2.45, 2.75) is 13.8 Å². The molecule has 3 aromatic carbocycles. The van der Waals surface area contributed by atoms with E-state index < -0.39 is 0 Å². The van der Waals surface area contributed by atoms with E-state index in [1.54, 1.807) is 23.5 Å². The van der Waals surface area contributed by atoms with Crippen LogP contribution in [0.1, 0.15) is 11.1 Å². The summed E-state index contributed by atoms with van der Waals surface area (Å²) in [6.07, 6.45) is 0. The van der Waals surface area contributed by atoms with Crippen molar-refractivity contribution in [3.05, 3.63) is 47.5 Å². The van der Waals surface area contributed by atoms with Crippen LogP contribution in [0.3, 0.4) is 0 Å². The van der Waals surface area contributed by atoms with Gasteiger partial charge in [-0.2, -0.15) is 23.5 Å². The highest BCUT2D eigenvalue weighted by atomic mass is 32.2. The van der Waals surface area contributed by atoms with Crippen LogP contribution in [0, 0.1) is 13.8 Å². The normalized spacial score (nSPS) is 11.3. The SMILES string of the molecule is Cc1cc2c(OCCSCCO)c3ccccc3c(OCCSCCO)c2cc1C. The van der Waals surface area contributed by atoms with Crippen LogP contribution < -0.4 is 9.47 Å². The highest BCUT2D eigenvalue weighted by molar-refractivity contribution is 7.99. The number of hydrogen-bond donors (Lipinski definition) is 2. The molecule has 0 saturated carbocycles. The summed E-state index contributed by atoms with van der Waals surface area (Å²) < 4.78 is 12.6. The van der Waals surface area contributed by atoms with E-state index in [0.29, 0.717) is 13.2 Å². The predicted molar refractivity (Wildman–Crippen MR) is 131 cm³/mol. The van der Waals surface area contributed by atoms with Crippen molar-refractivity contribution in [1.82, 2.24) is 0 Å². The van der Waals surface area contributed by atoms with E-state index in [1.165, 1.54) is 11.1 Å². The van der Waals surface area contributed by atoms with Crippen LogP contribution in [0.4, 0.5) is 0 Å². The molecule has 0 aromatic heterocycles.